The van der Waals surface area contributed by atoms with Crippen LogP contribution in [-0.2, 0) is 14.8 Å². The van der Waals surface area contributed by atoms with Gasteiger partial charge in [0.05, 0.1) is 10.6 Å². The van der Waals surface area contributed by atoms with E-state index in [4.69, 9.17) is 0 Å². The van der Waals surface area contributed by atoms with Crippen LogP contribution in [0.5, 0.6) is 0 Å². The first-order valence-electron chi connectivity index (χ1n) is 8.92. The van der Waals surface area contributed by atoms with Gasteiger partial charge in [-0.3, -0.25) is 9.10 Å². The summed E-state index contributed by atoms with van der Waals surface area (Å²) in [4.78, 5) is 12.3. The number of amides is 1. The third-order valence-electron chi connectivity index (χ3n) is 4.17. The summed E-state index contributed by atoms with van der Waals surface area (Å²) < 4.78 is 27.7. The molecule has 0 unspecified atom stereocenters. The summed E-state index contributed by atoms with van der Waals surface area (Å²) in [7, 11) is -1.96. The van der Waals surface area contributed by atoms with Gasteiger partial charge in [-0.05, 0) is 45.2 Å². The molecule has 1 amide bonds. The molecule has 2 aromatic carbocycles. The number of carbonyl (C=O) groups excluding carboxylic acids is 1. The van der Waals surface area contributed by atoms with E-state index in [9.17, 15) is 13.2 Å². The summed E-state index contributed by atoms with van der Waals surface area (Å²) in [6, 6.07) is 14.0. The average molecular weight is 426 g/mol. The van der Waals surface area contributed by atoms with Gasteiger partial charge in [0.2, 0.25) is 5.91 Å². The third-order valence-corrected chi connectivity index (χ3v) is 6.01. The highest BCUT2D eigenvalue weighted by molar-refractivity contribution is 7.92. The SMILES string of the molecule is CNCCNC(=O)CCN(c1ccc(C)cc1)S(=O)(=O)c1ccc(C)cc1.Cl. The molecule has 2 rings (SSSR count). The number of anilines is 1. The maximum absolute atomic E-state index is 13.2. The van der Waals surface area contributed by atoms with E-state index in [2.05, 4.69) is 10.6 Å². The van der Waals surface area contributed by atoms with Crippen LogP contribution in [0.1, 0.15) is 17.5 Å². The highest BCUT2D eigenvalue weighted by Gasteiger charge is 2.25. The number of sulfonamides is 1. The van der Waals surface area contributed by atoms with Crippen molar-refractivity contribution >= 4 is 34.0 Å². The number of halogens is 1. The number of aryl methyl sites for hydroxylation is 2. The van der Waals surface area contributed by atoms with Gasteiger partial charge < -0.3 is 10.6 Å². The second-order valence-corrected chi connectivity index (χ2v) is 8.29. The van der Waals surface area contributed by atoms with E-state index < -0.39 is 10.0 Å². The highest BCUT2D eigenvalue weighted by atomic mass is 35.5. The Morgan fingerprint density at radius 3 is 2.00 bits per heavy atom. The van der Waals surface area contributed by atoms with Crippen molar-refractivity contribution in [1.29, 1.82) is 0 Å². The van der Waals surface area contributed by atoms with Crippen LogP contribution in [0.15, 0.2) is 53.4 Å². The Hall–Kier alpha value is -2.09. The molecule has 0 aliphatic carbocycles. The number of benzene rings is 2. The van der Waals surface area contributed by atoms with Crippen molar-refractivity contribution in [2.75, 3.05) is 31.0 Å². The van der Waals surface area contributed by atoms with Crippen molar-refractivity contribution in [3.05, 3.63) is 59.7 Å². The van der Waals surface area contributed by atoms with E-state index in [0.29, 0.717) is 18.8 Å². The first kappa shape index (κ1) is 23.9. The zero-order valence-electron chi connectivity index (χ0n) is 16.4. The summed E-state index contributed by atoms with van der Waals surface area (Å²) in [5, 5.41) is 5.72. The third kappa shape index (κ3) is 6.51. The van der Waals surface area contributed by atoms with Crippen LogP contribution >= 0.6 is 12.4 Å². The molecule has 0 saturated heterocycles. The van der Waals surface area contributed by atoms with Crippen molar-refractivity contribution in [2.24, 2.45) is 0 Å². The number of nitrogens with zero attached hydrogens (tertiary/aromatic N) is 1. The Morgan fingerprint density at radius 1 is 0.929 bits per heavy atom. The van der Waals surface area contributed by atoms with Gasteiger partial charge in [-0.2, -0.15) is 0 Å². The maximum Gasteiger partial charge on any atom is 0.264 e. The number of carbonyl (C=O) groups is 1. The predicted octanol–water partition coefficient (Wildman–Crippen LogP) is 2.65. The number of hydrogen-bond donors (Lipinski definition) is 2. The number of hydrogen-bond acceptors (Lipinski definition) is 4. The number of likely N-dealkylation sites (N-methyl/N-ethyl adjacent to an activating group) is 1. The van der Waals surface area contributed by atoms with E-state index >= 15 is 0 Å². The Labute approximate surface area is 173 Å². The first-order chi connectivity index (χ1) is 12.8. The number of nitrogens with one attached hydrogen (secondary N) is 2. The topological polar surface area (TPSA) is 78.5 Å². The molecule has 0 spiro atoms. The summed E-state index contributed by atoms with van der Waals surface area (Å²) in [5.41, 5.74) is 2.57. The fourth-order valence-corrected chi connectivity index (χ4v) is 4.02. The molecule has 0 aliphatic heterocycles. The molecule has 0 heterocycles. The molecule has 0 saturated carbocycles. The minimum absolute atomic E-state index is 0. The molecule has 2 N–H and O–H groups in total. The molecule has 0 radical (unpaired) electrons. The van der Waals surface area contributed by atoms with Gasteiger partial charge in [0.25, 0.3) is 10.0 Å². The molecule has 2 aromatic rings. The summed E-state index contributed by atoms with van der Waals surface area (Å²) in [5.74, 6) is -0.179. The second-order valence-electron chi connectivity index (χ2n) is 6.43. The molecular formula is C20H28ClN3O3S. The van der Waals surface area contributed by atoms with Crippen LogP contribution in [0.2, 0.25) is 0 Å². The van der Waals surface area contributed by atoms with Gasteiger partial charge in [0.15, 0.2) is 0 Å². The van der Waals surface area contributed by atoms with Gasteiger partial charge in [0, 0.05) is 26.1 Å². The van der Waals surface area contributed by atoms with E-state index in [0.717, 1.165) is 11.1 Å². The van der Waals surface area contributed by atoms with Crippen LogP contribution in [0.4, 0.5) is 5.69 Å². The van der Waals surface area contributed by atoms with Gasteiger partial charge >= 0.3 is 0 Å². The standard InChI is InChI=1S/C20H27N3O3S.ClH/c1-16-4-8-18(9-5-16)23(15-12-20(24)22-14-13-21-3)27(25,26)19-10-6-17(2)7-11-19;/h4-11,21H,12-15H2,1-3H3,(H,22,24);1H. The van der Waals surface area contributed by atoms with E-state index in [1.807, 2.05) is 26.0 Å². The Bertz CT molecular complexity index is 853. The van der Waals surface area contributed by atoms with Gasteiger partial charge in [0.1, 0.15) is 0 Å². The largest absolute Gasteiger partial charge is 0.355 e. The summed E-state index contributed by atoms with van der Waals surface area (Å²) >= 11 is 0. The Morgan fingerprint density at radius 2 is 1.46 bits per heavy atom. The van der Waals surface area contributed by atoms with Crippen molar-refractivity contribution in [1.82, 2.24) is 10.6 Å². The zero-order valence-corrected chi connectivity index (χ0v) is 18.1. The number of rotatable bonds is 9. The van der Waals surface area contributed by atoms with Crippen molar-refractivity contribution < 1.29 is 13.2 Å². The van der Waals surface area contributed by atoms with E-state index in [-0.39, 0.29) is 36.2 Å². The molecule has 154 valence electrons. The first-order valence-corrected chi connectivity index (χ1v) is 10.4. The van der Waals surface area contributed by atoms with Crippen molar-refractivity contribution in [2.45, 2.75) is 25.2 Å². The minimum atomic E-state index is -3.76. The molecule has 0 fully saturated rings. The van der Waals surface area contributed by atoms with Gasteiger partial charge in [-0.15, -0.1) is 12.4 Å². The summed E-state index contributed by atoms with van der Waals surface area (Å²) in [6.07, 6.45) is 0.0860. The van der Waals surface area contributed by atoms with Crippen LogP contribution in [-0.4, -0.2) is 41.0 Å². The molecule has 8 heteroatoms. The molecule has 0 bridgehead atoms. The monoisotopic (exact) mass is 425 g/mol. The maximum atomic E-state index is 13.2. The lowest BCUT2D eigenvalue weighted by Crippen LogP contribution is -2.36. The van der Waals surface area contributed by atoms with E-state index in [1.165, 1.54) is 4.31 Å². The van der Waals surface area contributed by atoms with Crippen LogP contribution in [0, 0.1) is 13.8 Å². The van der Waals surface area contributed by atoms with Crippen LogP contribution in [0.25, 0.3) is 0 Å². The zero-order chi connectivity index (χ0) is 19.9. The molecule has 6 nitrogen and oxygen atoms in total. The van der Waals surface area contributed by atoms with E-state index in [1.54, 1.807) is 43.4 Å². The van der Waals surface area contributed by atoms with Crippen LogP contribution in [0.3, 0.4) is 0 Å². The van der Waals surface area contributed by atoms with Crippen LogP contribution < -0.4 is 14.9 Å². The smallest absolute Gasteiger partial charge is 0.264 e. The quantitative estimate of drug-likeness (QED) is 0.605. The fourth-order valence-electron chi connectivity index (χ4n) is 2.55. The predicted molar refractivity (Wildman–Crippen MR) is 116 cm³/mol. The summed E-state index contributed by atoms with van der Waals surface area (Å²) in [6.45, 7) is 5.09. The minimum Gasteiger partial charge on any atom is -0.355 e. The lowest BCUT2D eigenvalue weighted by atomic mass is 10.2. The van der Waals surface area contributed by atoms with Gasteiger partial charge in [-0.1, -0.05) is 35.4 Å². The van der Waals surface area contributed by atoms with Crippen molar-refractivity contribution in [3.8, 4) is 0 Å². The van der Waals surface area contributed by atoms with Crippen molar-refractivity contribution in [3.63, 3.8) is 0 Å². The lowest BCUT2D eigenvalue weighted by Gasteiger charge is -2.24. The second kappa shape index (κ2) is 11.0. The Balaban J connectivity index is 0.00000392. The Kier molecular flexibility index (Phi) is 9.45. The molecule has 0 aromatic heterocycles. The average Bonchev–Trinajstić information content (AvgIpc) is 2.64. The highest BCUT2D eigenvalue weighted by Crippen LogP contribution is 2.24. The lowest BCUT2D eigenvalue weighted by molar-refractivity contribution is -0.120. The normalized spacial score (nSPS) is 10.8. The fraction of sp³-hybridized carbons (Fsp3) is 0.350. The van der Waals surface area contributed by atoms with Gasteiger partial charge in [-0.25, -0.2) is 8.42 Å². The molecule has 0 aliphatic rings. The molecule has 0 atom stereocenters. The molecule has 28 heavy (non-hydrogen) atoms. The molecular weight excluding hydrogens is 398 g/mol.